The fourth-order valence-corrected chi connectivity index (χ4v) is 1.46. The molecule has 0 atom stereocenters. The second kappa shape index (κ2) is 7.53. The summed E-state index contributed by atoms with van der Waals surface area (Å²) in [7, 11) is 0. The van der Waals surface area contributed by atoms with Crippen LogP contribution in [0.1, 0.15) is 27.2 Å². The minimum absolute atomic E-state index is 0.0167. The van der Waals surface area contributed by atoms with Gasteiger partial charge in [-0.2, -0.15) is 0 Å². The largest absolute Gasteiger partial charge is 0.384 e. The average Bonchev–Trinajstić information content (AvgIpc) is 2.33. The van der Waals surface area contributed by atoms with Gasteiger partial charge in [-0.3, -0.25) is 9.78 Å². The first-order valence-electron chi connectivity index (χ1n) is 6.34. The first-order chi connectivity index (χ1) is 8.61. The van der Waals surface area contributed by atoms with Gasteiger partial charge in [0, 0.05) is 12.6 Å². The zero-order chi connectivity index (χ0) is 13.4. The van der Waals surface area contributed by atoms with Gasteiger partial charge in [0.05, 0.1) is 30.3 Å². The van der Waals surface area contributed by atoms with Gasteiger partial charge in [-0.25, -0.2) is 0 Å². The molecule has 1 heterocycles. The number of carbonyl (C=O) groups is 1. The number of nitrogens with one attached hydrogen (secondary N) is 3. The van der Waals surface area contributed by atoms with E-state index in [2.05, 4.69) is 27.9 Å². The van der Waals surface area contributed by atoms with E-state index in [0.717, 1.165) is 24.3 Å². The highest BCUT2D eigenvalue weighted by Crippen LogP contribution is 2.12. The molecule has 0 aromatic carbocycles. The van der Waals surface area contributed by atoms with Crippen LogP contribution in [0.4, 0.5) is 11.4 Å². The molecule has 0 bridgehead atoms. The predicted octanol–water partition coefficient (Wildman–Crippen LogP) is 1.84. The highest BCUT2D eigenvalue weighted by Gasteiger charge is 2.03. The zero-order valence-electron chi connectivity index (χ0n) is 11.3. The fraction of sp³-hybridized carbons (Fsp3) is 0.538. The molecule has 1 amide bonds. The van der Waals surface area contributed by atoms with E-state index in [0.29, 0.717) is 0 Å². The molecule has 1 aromatic rings. The smallest absolute Gasteiger partial charge is 0.239 e. The van der Waals surface area contributed by atoms with Crippen molar-refractivity contribution in [2.24, 2.45) is 0 Å². The first kappa shape index (κ1) is 14.3. The van der Waals surface area contributed by atoms with Crippen LogP contribution in [0, 0.1) is 0 Å². The van der Waals surface area contributed by atoms with Gasteiger partial charge >= 0.3 is 0 Å². The van der Waals surface area contributed by atoms with Gasteiger partial charge in [-0.1, -0.05) is 6.92 Å². The number of pyridine rings is 1. The van der Waals surface area contributed by atoms with E-state index in [9.17, 15) is 4.79 Å². The monoisotopic (exact) mass is 250 g/mol. The van der Waals surface area contributed by atoms with Crippen LogP contribution in [-0.2, 0) is 4.79 Å². The number of hydrogen-bond acceptors (Lipinski definition) is 4. The molecule has 1 aromatic heterocycles. The first-order valence-corrected chi connectivity index (χ1v) is 6.34. The van der Waals surface area contributed by atoms with E-state index in [1.165, 1.54) is 0 Å². The van der Waals surface area contributed by atoms with Crippen LogP contribution in [0.5, 0.6) is 0 Å². The number of amides is 1. The van der Waals surface area contributed by atoms with Crippen molar-refractivity contribution in [2.75, 3.05) is 23.7 Å². The normalized spacial score (nSPS) is 10.2. The van der Waals surface area contributed by atoms with E-state index < -0.39 is 0 Å². The molecule has 0 saturated heterocycles. The summed E-state index contributed by atoms with van der Waals surface area (Å²) in [5.41, 5.74) is 1.81. The van der Waals surface area contributed by atoms with Crippen LogP contribution in [0.3, 0.4) is 0 Å². The highest BCUT2D eigenvalue weighted by atomic mass is 16.1. The standard InChI is InChI=1S/C13H22N4O/c1-4-5-15-11-6-12(8-14-7-11)16-9-13(18)17-10(2)3/h6-8,10,15-16H,4-5,9H2,1-3H3,(H,17,18). The van der Waals surface area contributed by atoms with Gasteiger partial charge in [0.25, 0.3) is 0 Å². The minimum atomic E-state index is -0.0167. The van der Waals surface area contributed by atoms with Crippen molar-refractivity contribution < 1.29 is 4.79 Å². The molecular weight excluding hydrogens is 228 g/mol. The molecule has 3 N–H and O–H groups in total. The zero-order valence-corrected chi connectivity index (χ0v) is 11.3. The second-order valence-electron chi connectivity index (χ2n) is 4.46. The summed E-state index contributed by atoms with van der Waals surface area (Å²) in [6.07, 6.45) is 4.54. The lowest BCUT2D eigenvalue weighted by atomic mass is 10.3. The Hall–Kier alpha value is -1.78. The summed E-state index contributed by atoms with van der Waals surface area (Å²) in [6, 6.07) is 2.11. The molecule has 1 rings (SSSR count). The number of nitrogens with zero attached hydrogens (tertiary/aromatic N) is 1. The SMILES string of the molecule is CCCNc1cncc(NCC(=O)NC(C)C)c1. The van der Waals surface area contributed by atoms with E-state index in [-0.39, 0.29) is 18.5 Å². The molecule has 0 aliphatic carbocycles. The lowest BCUT2D eigenvalue weighted by Gasteiger charge is -2.11. The van der Waals surface area contributed by atoms with Crippen LogP contribution in [0.2, 0.25) is 0 Å². The maximum Gasteiger partial charge on any atom is 0.239 e. The van der Waals surface area contributed by atoms with Crippen molar-refractivity contribution in [1.82, 2.24) is 10.3 Å². The van der Waals surface area contributed by atoms with E-state index in [4.69, 9.17) is 0 Å². The molecule has 0 radical (unpaired) electrons. The Morgan fingerprint density at radius 2 is 1.94 bits per heavy atom. The molecule has 100 valence electrons. The molecule has 0 aliphatic rings. The summed E-state index contributed by atoms with van der Waals surface area (Å²) < 4.78 is 0. The molecule has 0 unspecified atom stereocenters. The number of carbonyl (C=O) groups excluding carboxylic acids is 1. The van der Waals surface area contributed by atoms with Gasteiger partial charge in [-0.05, 0) is 26.3 Å². The van der Waals surface area contributed by atoms with Crippen molar-refractivity contribution in [2.45, 2.75) is 33.2 Å². The highest BCUT2D eigenvalue weighted by molar-refractivity contribution is 5.81. The van der Waals surface area contributed by atoms with Crippen LogP contribution in [0.15, 0.2) is 18.5 Å². The van der Waals surface area contributed by atoms with Gasteiger partial charge < -0.3 is 16.0 Å². The van der Waals surface area contributed by atoms with E-state index in [1.807, 2.05) is 19.9 Å². The summed E-state index contributed by atoms with van der Waals surface area (Å²) in [5.74, 6) is -0.0167. The van der Waals surface area contributed by atoms with Crippen molar-refractivity contribution >= 4 is 17.3 Å². The Labute approximate surface area is 108 Å². The Balaban J connectivity index is 2.44. The van der Waals surface area contributed by atoms with Crippen LogP contribution in [-0.4, -0.2) is 30.0 Å². The Bertz CT molecular complexity index is 379. The van der Waals surface area contributed by atoms with Crippen molar-refractivity contribution in [3.8, 4) is 0 Å². The predicted molar refractivity (Wildman–Crippen MR) is 74.8 cm³/mol. The third-order valence-electron chi connectivity index (χ3n) is 2.22. The molecule has 5 heteroatoms. The number of rotatable bonds is 7. The topological polar surface area (TPSA) is 66.0 Å². The molecule has 0 aliphatic heterocycles. The molecule has 0 spiro atoms. The molecular formula is C13H22N4O. The lowest BCUT2D eigenvalue weighted by Crippen LogP contribution is -2.34. The molecule has 0 fully saturated rings. The van der Waals surface area contributed by atoms with E-state index in [1.54, 1.807) is 12.4 Å². The minimum Gasteiger partial charge on any atom is -0.384 e. The van der Waals surface area contributed by atoms with Crippen LogP contribution < -0.4 is 16.0 Å². The average molecular weight is 250 g/mol. The van der Waals surface area contributed by atoms with Crippen molar-refractivity contribution in [3.05, 3.63) is 18.5 Å². The molecule has 5 nitrogen and oxygen atoms in total. The van der Waals surface area contributed by atoms with Crippen LogP contribution >= 0.6 is 0 Å². The third kappa shape index (κ3) is 5.52. The Morgan fingerprint density at radius 3 is 2.56 bits per heavy atom. The maximum absolute atomic E-state index is 11.5. The quantitative estimate of drug-likeness (QED) is 0.691. The van der Waals surface area contributed by atoms with Crippen molar-refractivity contribution in [3.63, 3.8) is 0 Å². The lowest BCUT2D eigenvalue weighted by molar-refractivity contribution is -0.119. The number of aromatic nitrogens is 1. The Kier molecular flexibility index (Phi) is 5.97. The summed E-state index contributed by atoms with van der Waals surface area (Å²) in [5, 5.41) is 9.13. The number of anilines is 2. The molecule has 0 saturated carbocycles. The third-order valence-corrected chi connectivity index (χ3v) is 2.22. The van der Waals surface area contributed by atoms with Gasteiger partial charge in [0.1, 0.15) is 0 Å². The summed E-state index contributed by atoms with van der Waals surface area (Å²) >= 11 is 0. The van der Waals surface area contributed by atoms with Gasteiger partial charge in [-0.15, -0.1) is 0 Å². The van der Waals surface area contributed by atoms with Gasteiger partial charge in [0.15, 0.2) is 0 Å². The van der Waals surface area contributed by atoms with E-state index >= 15 is 0 Å². The fourth-order valence-electron chi connectivity index (χ4n) is 1.46. The second-order valence-corrected chi connectivity index (χ2v) is 4.46. The summed E-state index contributed by atoms with van der Waals surface area (Å²) in [4.78, 5) is 15.6. The summed E-state index contributed by atoms with van der Waals surface area (Å²) in [6.45, 7) is 7.17. The molecule has 18 heavy (non-hydrogen) atoms. The maximum atomic E-state index is 11.5. The number of hydrogen-bond donors (Lipinski definition) is 3. The Morgan fingerprint density at radius 1 is 1.28 bits per heavy atom. The van der Waals surface area contributed by atoms with Crippen molar-refractivity contribution in [1.29, 1.82) is 0 Å². The van der Waals surface area contributed by atoms with Crippen LogP contribution in [0.25, 0.3) is 0 Å². The van der Waals surface area contributed by atoms with Gasteiger partial charge in [0.2, 0.25) is 5.91 Å².